The Balaban J connectivity index is 2.19. The minimum atomic E-state index is -0.0844. The minimum Gasteiger partial charge on any atom is -0.330 e. The number of amides is 1. The molecule has 0 unspecified atom stereocenters. The van der Waals surface area contributed by atoms with Crippen molar-refractivity contribution in [3.05, 3.63) is 53.9 Å². The fourth-order valence-electron chi connectivity index (χ4n) is 1.60. The van der Waals surface area contributed by atoms with Crippen LogP contribution in [0.15, 0.2) is 48.2 Å². The third kappa shape index (κ3) is 3.19. The third-order valence-corrected chi connectivity index (χ3v) is 4.32. The van der Waals surface area contributed by atoms with Gasteiger partial charge in [-0.05, 0) is 11.4 Å². The predicted molar refractivity (Wildman–Crippen MR) is 81.7 cm³/mol. The van der Waals surface area contributed by atoms with E-state index in [0.29, 0.717) is 18.8 Å². The second kappa shape index (κ2) is 6.45. The summed E-state index contributed by atoms with van der Waals surface area (Å²) >= 11 is 3.11. The van der Waals surface area contributed by atoms with E-state index in [1.54, 1.807) is 33.8 Å². The SMILES string of the molecule is C=CCN(CC=C)C(=O)c1csc(-c2cccs2)n1. The Kier molecular flexibility index (Phi) is 4.65. The highest BCUT2D eigenvalue weighted by Gasteiger charge is 2.17. The normalized spacial score (nSPS) is 10.1. The van der Waals surface area contributed by atoms with Gasteiger partial charge in [-0.15, -0.1) is 35.8 Å². The van der Waals surface area contributed by atoms with Crippen molar-refractivity contribution < 1.29 is 4.79 Å². The molecule has 0 saturated carbocycles. The van der Waals surface area contributed by atoms with E-state index < -0.39 is 0 Å². The van der Waals surface area contributed by atoms with Crippen LogP contribution >= 0.6 is 22.7 Å². The van der Waals surface area contributed by atoms with Gasteiger partial charge in [-0.2, -0.15) is 0 Å². The Morgan fingerprint density at radius 3 is 2.63 bits per heavy atom. The van der Waals surface area contributed by atoms with Gasteiger partial charge in [0.1, 0.15) is 10.7 Å². The maximum Gasteiger partial charge on any atom is 0.273 e. The highest BCUT2D eigenvalue weighted by Crippen LogP contribution is 2.28. The van der Waals surface area contributed by atoms with E-state index in [9.17, 15) is 4.79 Å². The molecule has 19 heavy (non-hydrogen) atoms. The number of thiazole rings is 1. The van der Waals surface area contributed by atoms with E-state index in [1.807, 2.05) is 17.5 Å². The van der Waals surface area contributed by atoms with Crippen LogP contribution in [0.25, 0.3) is 9.88 Å². The molecule has 0 saturated heterocycles. The van der Waals surface area contributed by atoms with E-state index in [0.717, 1.165) is 9.88 Å². The van der Waals surface area contributed by atoms with Gasteiger partial charge in [0.2, 0.25) is 0 Å². The van der Waals surface area contributed by atoms with Crippen molar-refractivity contribution in [1.29, 1.82) is 0 Å². The van der Waals surface area contributed by atoms with Gasteiger partial charge in [0.15, 0.2) is 0 Å². The number of nitrogens with zero attached hydrogens (tertiary/aromatic N) is 2. The monoisotopic (exact) mass is 290 g/mol. The average Bonchev–Trinajstić information content (AvgIpc) is 3.08. The van der Waals surface area contributed by atoms with Crippen LogP contribution in [0.1, 0.15) is 10.5 Å². The molecule has 0 fully saturated rings. The number of rotatable bonds is 6. The molecule has 1 amide bonds. The summed E-state index contributed by atoms with van der Waals surface area (Å²) in [5.74, 6) is -0.0844. The number of carbonyl (C=O) groups is 1. The van der Waals surface area contributed by atoms with E-state index in [-0.39, 0.29) is 5.91 Å². The number of hydrogen-bond donors (Lipinski definition) is 0. The van der Waals surface area contributed by atoms with Gasteiger partial charge in [0.25, 0.3) is 5.91 Å². The molecule has 5 heteroatoms. The molecule has 2 aromatic rings. The smallest absolute Gasteiger partial charge is 0.273 e. The molecule has 0 atom stereocenters. The van der Waals surface area contributed by atoms with Crippen molar-refractivity contribution in [2.75, 3.05) is 13.1 Å². The number of thiophene rings is 1. The first-order valence-electron chi connectivity index (χ1n) is 5.76. The lowest BCUT2D eigenvalue weighted by Crippen LogP contribution is -2.31. The molecular formula is C14H14N2OS2. The molecule has 0 radical (unpaired) electrons. The molecule has 0 aliphatic carbocycles. The van der Waals surface area contributed by atoms with Crippen LogP contribution < -0.4 is 0 Å². The number of aromatic nitrogens is 1. The van der Waals surface area contributed by atoms with E-state index in [2.05, 4.69) is 18.1 Å². The lowest BCUT2D eigenvalue weighted by molar-refractivity contribution is 0.0786. The van der Waals surface area contributed by atoms with Crippen LogP contribution in [0.4, 0.5) is 0 Å². The van der Waals surface area contributed by atoms with Crippen molar-refractivity contribution in [2.24, 2.45) is 0 Å². The second-order valence-corrected chi connectivity index (χ2v) is 5.61. The van der Waals surface area contributed by atoms with Gasteiger partial charge in [-0.25, -0.2) is 4.98 Å². The summed E-state index contributed by atoms with van der Waals surface area (Å²) in [5.41, 5.74) is 0.483. The fraction of sp³-hybridized carbons (Fsp3) is 0.143. The van der Waals surface area contributed by atoms with Gasteiger partial charge in [-0.3, -0.25) is 4.79 Å². The zero-order valence-electron chi connectivity index (χ0n) is 10.4. The Hall–Kier alpha value is -1.72. The standard InChI is InChI=1S/C14H14N2OS2/c1-3-7-16(8-4-2)14(17)11-10-19-13(15-11)12-6-5-9-18-12/h3-6,9-10H,1-2,7-8H2. The molecule has 98 valence electrons. The minimum absolute atomic E-state index is 0.0844. The van der Waals surface area contributed by atoms with Crippen LogP contribution in [0.3, 0.4) is 0 Å². The summed E-state index contributed by atoms with van der Waals surface area (Å²) in [6.45, 7) is 8.31. The zero-order chi connectivity index (χ0) is 13.7. The van der Waals surface area contributed by atoms with Gasteiger partial charge in [0.05, 0.1) is 4.88 Å². The summed E-state index contributed by atoms with van der Waals surface area (Å²) < 4.78 is 0. The molecule has 0 N–H and O–H groups in total. The first-order valence-corrected chi connectivity index (χ1v) is 7.52. The first-order chi connectivity index (χ1) is 9.26. The van der Waals surface area contributed by atoms with Crippen LogP contribution in [0.2, 0.25) is 0 Å². The Bertz CT molecular complexity index is 562. The summed E-state index contributed by atoms with van der Waals surface area (Å²) in [6.07, 6.45) is 3.40. The molecule has 2 heterocycles. The molecule has 0 aliphatic rings. The van der Waals surface area contributed by atoms with Crippen molar-refractivity contribution in [3.63, 3.8) is 0 Å². The average molecular weight is 290 g/mol. The lowest BCUT2D eigenvalue weighted by atomic mass is 10.3. The van der Waals surface area contributed by atoms with E-state index in [4.69, 9.17) is 0 Å². The van der Waals surface area contributed by atoms with Gasteiger partial charge in [-0.1, -0.05) is 18.2 Å². The van der Waals surface area contributed by atoms with Gasteiger partial charge < -0.3 is 4.90 Å². The maximum absolute atomic E-state index is 12.3. The largest absolute Gasteiger partial charge is 0.330 e. The lowest BCUT2D eigenvalue weighted by Gasteiger charge is -2.17. The fourth-order valence-corrected chi connectivity index (χ4v) is 3.21. The number of carbonyl (C=O) groups excluding carboxylic acids is 1. The Morgan fingerprint density at radius 2 is 2.05 bits per heavy atom. The molecular weight excluding hydrogens is 276 g/mol. The van der Waals surface area contributed by atoms with Crippen LogP contribution in [0, 0.1) is 0 Å². The topological polar surface area (TPSA) is 33.2 Å². The van der Waals surface area contributed by atoms with E-state index >= 15 is 0 Å². The highest BCUT2D eigenvalue weighted by atomic mass is 32.1. The predicted octanol–water partition coefficient (Wildman–Crippen LogP) is 3.69. The Morgan fingerprint density at radius 1 is 1.32 bits per heavy atom. The summed E-state index contributed by atoms with van der Waals surface area (Å²) in [4.78, 5) is 19.4. The van der Waals surface area contributed by atoms with Crippen LogP contribution in [-0.4, -0.2) is 28.9 Å². The molecule has 0 spiro atoms. The van der Waals surface area contributed by atoms with Crippen molar-refractivity contribution in [1.82, 2.24) is 9.88 Å². The van der Waals surface area contributed by atoms with Crippen molar-refractivity contribution in [2.45, 2.75) is 0 Å². The van der Waals surface area contributed by atoms with Crippen LogP contribution in [0.5, 0.6) is 0 Å². The summed E-state index contributed by atoms with van der Waals surface area (Å²) in [5, 5.41) is 4.69. The first kappa shape index (κ1) is 13.7. The molecule has 2 rings (SSSR count). The number of hydrogen-bond acceptors (Lipinski definition) is 4. The van der Waals surface area contributed by atoms with Gasteiger partial charge in [0, 0.05) is 18.5 Å². The van der Waals surface area contributed by atoms with Gasteiger partial charge >= 0.3 is 0 Å². The quantitative estimate of drug-likeness (QED) is 0.760. The third-order valence-electron chi connectivity index (χ3n) is 2.44. The van der Waals surface area contributed by atoms with Crippen molar-refractivity contribution >= 4 is 28.6 Å². The molecule has 0 aliphatic heterocycles. The van der Waals surface area contributed by atoms with Crippen molar-refractivity contribution in [3.8, 4) is 9.88 Å². The maximum atomic E-state index is 12.3. The zero-order valence-corrected chi connectivity index (χ0v) is 12.0. The molecule has 0 aromatic carbocycles. The summed E-state index contributed by atoms with van der Waals surface area (Å²) in [7, 11) is 0. The van der Waals surface area contributed by atoms with Crippen LogP contribution in [-0.2, 0) is 0 Å². The highest BCUT2D eigenvalue weighted by molar-refractivity contribution is 7.20. The van der Waals surface area contributed by atoms with E-state index in [1.165, 1.54) is 11.3 Å². The summed E-state index contributed by atoms with van der Waals surface area (Å²) in [6, 6.07) is 3.98. The second-order valence-electron chi connectivity index (χ2n) is 3.80. The molecule has 0 bridgehead atoms. The molecule has 3 nitrogen and oxygen atoms in total. The Labute approximate surface area is 120 Å². The molecule has 2 aromatic heterocycles.